The average molecular weight is 320 g/mol. The Kier molecular flexibility index (Phi) is 3.73. The van der Waals surface area contributed by atoms with Crippen molar-refractivity contribution in [1.29, 1.82) is 0 Å². The van der Waals surface area contributed by atoms with Crippen molar-refractivity contribution in [2.75, 3.05) is 0 Å². The fraction of sp³-hybridized carbons (Fsp3) is 0.133. The lowest BCUT2D eigenvalue weighted by atomic mass is 9.83. The van der Waals surface area contributed by atoms with Crippen molar-refractivity contribution in [1.82, 2.24) is 0 Å². The number of carboxylic acids is 1. The van der Waals surface area contributed by atoms with Crippen LogP contribution in [0.25, 0.3) is 0 Å². The summed E-state index contributed by atoms with van der Waals surface area (Å²) in [6.45, 7) is 1.91. The van der Waals surface area contributed by atoms with Crippen LogP contribution in [0.5, 0.6) is 0 Å². The van der Waals surface area contributed by atoms with Crippen LogP contribution in [0.2, 0.25) is 0 Å². The number of carboxylic acid groups (broad SMARTS) is 1. The molecule has 2 aromatic carbocycles. The Labute approximate surface area is 120 Å². The van der Waals surface area contributed by atoms with Gasteiger partial charge in [0.2, 0.25) is 0 Å². The number of aryl methyl sites for hydroxylation is 1. The molecule has 0 aliphatic heterocycles. The highest BCUT2D eigenvalue weighted by molar-refractivity contribution is 9.10. The third kappa shape index (κ3) is 2.55. The first-order chi connectivity index (χ1) is 8.94. The van der Waals surface area contributed by atoms with Gasteiger partial charge in [0.25, 0.3) is 0 Å². The maximum atomic E-state index is 11.7. The highest BCUT2D eigenvalue weighted by Crippen LogP contribution is 2.29. The first-order valence-electron chi connectivity index (χ1n) is 5.80. The minimum absolute atomic E-state index is 0.542. The Balaban J connectivity index is 2.65. The summed E-state index contributed by atoms with van der Waals surface area (Å²) in [5, 5.41) is 9.58. The average Bonchev–Trinajstić information content (AvgIpc) is 2.37. The van der Waals surface area contributed by atoms with E-state index in [1.807, 2.05) is 25.1 Å². The van der Waals surface area contributed by atoms with E-state index in [2.05, 4.69) is 15.9 Å². The number of rotatable bonds is 3. The van der Waals surface area contributed by atoms with Crippen molar-refractivity contribution < 1.29 is 9.90 Å². The van der Waals surface area contributed by atoms with Gasteiger partial charge >= 0.3 is 5.97 Å². The molecule has 2 rings (SSSR count). The molecule has 2 aromatic rings. The van der Waals surface area contributed by atoms with E-state index >= 15 is 0 Å². The molecule has 3 nitrogen and oxygen atoms in total. The van der Waals surface area contributed by atoms with Crippen molar-refractivity contribution in [3.8, 4) is 0 Å². The van der Waals surface area contributed by atoms with Crippen LogP contribution in [0.4, 0.5) is 0 Å². The van der Waals surface area contributed by atoms with Gasteiger partial charge in [-0.05, 0) is 30.2 Å². The van der Waals surface area contributed by atoms with Gasteiger partial charge in [-0.1, -0.05) is 57.9 Å². The third-order valence-electron chi connectivity index (χ3n) is 3.09. The van der Waals surface area contributed by atoms with E-state index in [0.29, 0.717) is 11.1 Å². The number of aliphatic carboxylic acids is 1. The molecule has 1 unspecified atom stereocenters. The van der Waals surface area contributed by atoms with E-state index in [1.54, 1.807) is 30.3 Å². The molecule has 0 spiro atoms. The minimum atomic E-state index is -1.55. The summed E-state index contributed by atoms with van der Waals surface area (Å²) in [7, 11) is 0. The zero-order valence-electron chi connectivity index (χ0n) is 10.4. The van der Waals surface area contributed by atoms with E-state index in [9.17, 15) is 9.90 Å². The van der Waals surface area contributed by atoms with Gasteiger partial charge in [0.1, 0.15) is 0 Å². The Bertz CT molecular complexity index is 580. The number of hydrogen-bond acceptors (Lipinski definition) is 2. The lowest BCUT2D eigenvalue weighted by molar-refractivity contribution is -0.142. The van der Waals surface area contributed by atoms with Gasteiger partial charge in [-0.15, -0.1) is 0 Å². The molecule has 0 radical (unpaired) electrons. The first-order valence-corrected chi connectivity index (χ1v) is 6.59. The maximum Gasteiger partial charge on any atom is 0.333 e. The minimum Gasteiger partial charge on any atom is -0.479 e. The Hall–Kier alpha value is -1.65. The first kappa shape index (κ1) is 13.8. The molecule has 98 valence electrons. The van der Waals surface area contributed by atoms with E-state index < -0.39 is 11.5 Å². The zero-order valence-corrected chi connectivity index (χ0v) is 12.0. The molecule has 0 heterocycles. The predicted molar refractivity (Wildman–Crippen MR) is 77.9 cm³/mol. The molecular weight excluding hydrogens is 306 g/mol. The molecule has 0 aliphatic carbocycles. The van der Waals surface area contributed by atoms with E-state index in [-0.39, 0.29) is 0 Å². The lowest BCUT2D eigenvalue weighted by Crippen LogP contribution is -2.46. The highest BCUT2D eigenvalue weighted by atomic mass is 79.9. The van der Waals surface area contributed by atoms with Crippen LogP contribution >= 0.6 is 15.9 Å². The molecule has 0 fully saturated rings. The molecule has 0 aromatic heterocycles. The topological polar surface area (TPSA) is 63.3 Å². The standard InChI is InChI=1S/C15H14BrNO2/c1-10-4-2-5-11(8-10)15(17,14(18)19)12-6-3-7-13(16)9-12/h2-9H,17H2,1H3,(H,18,19). The molecule has 0 amide bonds. The Morgan fingerprint density at radius 1 is 1.16 bits per heavy atom. The Morgan fingerprint density at radius 2 is 1.74 bits per heavy atom. The van der Waals surface area contributed by atoms with Crippen molar-refractivity contribution in [2.24, 2.45) is 5.73 Å². The molecule has 0 aliphatic rings. The van der Waals surface area contributed by atoms with Crippen LogP contribution in [-0.4, -0.2) is 11.1 Å². The normalized spacial score (nSPS) is 13.8. The summed E-state index contributed by atoms with van der Waals surface area (Å²) >= 11 is 3.34. The number of halogens is 1. The molecule has 0 bridgehead atoms. The van der Waals surface area contributed by atoms with Crippen LogP contribution in [0, 0.1) is 6.92 Å². The summed E-state index contributed by atoms with van der Waals surface area (Å²) in [6.07, 6.45) is 0. The molecule has 19 heavy (non-hydrogen) atoms. The molecule has 3 N–H and O–H groups in total. The fourth-order valence-electron chi connectivity index (χ4n) is 2.04. The molecule has 0 saturated heterocycles. The van der Waals surface area contributed by atoms with Gasteiger partial charge in [-0.25, -0.2) is 4.79 Å². The third-order valence-corrected chi connectivity index (χ3v) is 3.58. The van der Waals surface area contributed by atoms with Crippen LogP contribution in [-0.2, 0) is 10.3 Å². The second-order valence-electron chi connectivity index (χ2n) is 4.49. The van der Waals surface area contributed by atoms with E-state index in [0.717, 1.165) is 10.0 Å². The van der Waals surface area contributed by atoms with Crippen molar-refractivity contribution in [2.45, 2.75) is 12.5 Å². The second-order valence-corrected chi connectivity index (χ2v) is 5.41. The van der Waals surface area contributed by atoms with Crippen molar-refractivity contribution in [3.63, 3.8) is 0 Å². The van der Waals surface area contributed by atoms with Crippen molar-refractivity contribution in [3.05, 3.63) is 69.7 Å². The smallest absolute Gasteiger partial charge is 0.333 e. The number of benzene rings is 2. The van der Waals surface area contributed by atoms with Gasteiger partial charge in [-0.2, -0.15) is 0 Å². The quantitative estimate of drug-likeness (QED) is 0.914. The summed E-state index contributed by atoms with van der Waals surface area (Å²) in [4.78, 5) is 11.7. The highest BCUT2D eigenvalue weighted by Gasteiger charge is 2.38. The van der Waals surface area contributed by atoms with Gasteiger partial charge < -0.3 is 10.8 Å². The number of hydrogen-bond donors (Lipinski definition) is 2. The van der Waals surface area contributed by atoms with E-state index in [4.69, 9.17) is 5.73 Å². The summed E-state index contributed by atoms with van der Waals surface area (Å²) in [6, 6.07) is 14.3. The summed E-state index contributed by atoms with van der Waals surface area (Å²) in [5.74, 6) is -1.07. The Morgan fingerprint density at radius 3 is 2.26 bits per heavy atom. The van der Waals surface area contributed by atoms with Gasteiger partial charge in [0.15, 0.2) is 5.54 Å². The fourth-order valence-corrected chi connectivity index (χ4v) is 2.44. The molecule has 0 saturated carbocycles. The zero-order chi connectivity index (χ0) is 14.0. The largest absolute Gasteiger partial charge is 0.479 e. The molecule has 4 heteroatoms. The van der Waals surface area contributed by atoms with Crippen LogP contribution in [0.1, 0.15) is 16.7 Å². The SMILES string of the molecule is Cc1cccc(C(N)(C(=O)O)c2cccc(Br)c2)c1. The number of nitrogens with two attached hydrogens (primary N) is 1. The van der Waals surface area contributed by atoms with Crippen LogP contribution < -0.4 is 5.73 Å². The van der Waals surface area contributed by atoms with Crippen molar-refractivity contribution >= 4 is 21.9 Å². The van der Waals surface area contributed by atoms with Crippen LogP contribution in [0.3, 0.4) is 0 Å². The summed E-state index contributed by atoms with van der Waals surface area (Å²) in [5.41, 5.74) is 6.74. The van der Waals surface area contributed by atoms with Gasteiger partial charge in [-0.3, -0.25) is 0 Å². The van der Waals surface area contributed by atoms with Crippen LogP contribution in [0.15, 0.2) is 53.0 Å². The van der Waals surface area contributed by atoms with Gasteiger partial charge in [0.05, 0.1) is 0 Å². The molecule has 1 atom stereocenters. The monoisotopic (exact) mass is 319 g/mol. The maximum absolute atomic E-state index is 11.7. The molecular formula is C15H14BrNO2. The number of carbonyl (C=O) groups is 1. The lowest BCUT2D eigenvalue weighted by Gasteiger charge is -2.26. The van der Waals surface area contributed by atoms with E-state index in [1.165, 1.54) is 0 Å². The second kappa shape index (κ2) is 5.15. The summed E-state index contributed by atoms with van der Waals surface area (Å²) < 4.78 is 0.800. The predicted octanol–water partition coefficient (Wildman–Crippen LogP) is 3.04. The van der Waals surface area contributed by atoms with Gasteiger partial charge in [0, 0.05) is 4.47 Å².